The molecular weight excluding hydrogens is 279 g/mol. The Bertz CT molecular complexity index is 556. The summed E-state index contributed by atoms with van der Waals surface area (Å²) in [6.07, 6.45) is 1.37. The minimum atomic E-state index is -0.346. The van der Waals surface area contributed by atoms with Crippen molar-refractivity contribution < 1.29 is 13.9 Å². The fourth-order valence-electron chi connectivity index (χ4n) is 1.55. The molecule has 1 amide bonds. The first-order chi connectivity index (χ1) is 9.66. The van der Waals surface area contributed by atoms with E-state index in [0.717, 1.165) is 11.8 Å². The van der Waals surface area contributed by atoms with Gasteiger partial charge in [0, 0.05) is 24.2 Å². The zero-order chi connectivity index (χ0) is 14.4. The van der Waals surface area contributed by atoms with Gasteiger partial charge in [-0.15, -0.1) is 0 Å². The molecule has 0 radical (unpaired) electrons. The van der Waals surface area contributed by atoms with Gasteiger partial charge in [0.25, 0.3) is 5.03 Å². The zero-order valence-corrected chi connectivity index (χ0v) is 11.4. The number of nitrogens with zero attached hydrogens (tertiary/aromatic N) is 1. The molecule has 0 aliphatic heterocycles. The number of thioether (sulfide) groups is 1. The molecule has 4 nitrogen and oxygen atoms in total. The quantitative estimate of drug-likeness (QED) is 0.520. The lowest BCUT2D eigenvalue weighted by Gasteiger charge is -2.06. The van der Waals surface area contributed by atoms with Gasteiger partial charge in [-0.3, -0.25) is 4.79 Å². The second-order valence-corrected chi connectivity index (χ2v) is 5.02. The summed E-state index contributed by atoms with van der Waals surface area (Å²) < 4.78 is 14.0. The molecule has 6 heteroatoms. The van der Waals surface area contributed by atoms with Crippen molar-refractivity contribution >= 4 is 17.7 Å². The maximum Gasteiger partial charge on any atom is 0.251 e. The summed E-state index contributed by atoms with van der Waals surface area (Å²) in [5.41, 5.74) is 0.435. The van der Waals surface area contributed by atoms with Crippen molar-refractivity contribution in [1.29, 1.82) is 0 Å². The number of hydrogen-bond donors (Lipinski definition) is 1. The molecule has 0 bridgehead atoms. The van der Waals surface area contributed by atoms with E-state index in [1.807, 2.05) is 0 Å². The first-order valence-electron chi connectivity index (χ1n) is 5.98. The van der Waals surface area contributed by atoms with E-state index in [1.54, 1.807) is 36.4 Å². The first kappa shape index (κ1) is 14.3. The Hall–Kier alpha value is -2.08. The number of carbonyl (C=O) groups excluding carboxylic acids is 1. The molecule has 0 atom stereocenters. The number of amides is 1. The molecule has 0 spiro atoms. The van der Waals surface area contributed by atoms with Crippen LogP contribution < -0.4 is 10.0 Å². The second kappa shape index (κ2) is 6.91. The van der Waals surface area contributed by atoms with E-state index in [9.17, 15) is 14.4 Å². The zero-order valence-electron chi connectivity index (χ0n) is 10.6. The lowest BCUT2D eigenvalue weighted by Crippen LogP contribution is -2.30. The van der Waals surface area contributed by atoms with Crippen LogP contribution in [0.2, 0.25) is 0 Å². The van der Waals surface area contributed by atoms with Crippen LogP contribution in [-0.4, -0.2) is 11.7 Å². The van der Waals surface area contributed by atoms with Crippen molar-refractivity contribution in [2.24, 2.45) is 0 Å². The van der Waals surface area contributed by atoms with Gasteiger partial charge < -0.3 is 10.5 Å². The third-order valence-electron chi connectivity index (χ3n) is 2.57. The van der Waals surface area contributed by atoms with E-state index < -0.39 is 0 Å². The van der Waals surface area contributed by atoms with Crippen molar-refractivity contribution in [3.63, 3.8) is 0 Å². The predicted octanol–water partition coefficient (Wildman–Crippen LogP) is 1.87. The summed E-state index contributed by atoms with van der Waals surface area (Å²) in [6, 6.07) is 11.3. The molecule has 0 saturated carbocycles. The molecule has 0 aliphatic rings. The standard InChI is InChI=1S/C14H13FN2O2S/c15-12-6-2-1-5-11(12)9-16-13(18)10-20-14-7-3-4-8-17(14)19/h1-8H,9-10H2,(H,16,18). The summed E-state index contributed by atoms with van der Waals surface area (Å²) in [5, 5.41) is 14.4. The van der Waals surface area contributed by atoms with Gasteiger partial charge in [0.2, 0.25) is 5.91 Å². The fourth-order valence-corrected chi connectivity index (χ4v) is 2.29. The molecule has 0 saturated heterocycles. The van der Waals surface area contributed by atoms with Crippen molar-refractivity contribution in [2.45, 2.75) is 11.6 Å². The van der Waals surface area contributed by atoms with Crippen LogP contribution in [0.5, 0.6) is 0 Å². The van der Waals surface area contributed by atoms with E-state index in [0.29, 0.717) is 15.3 Å². The highest BCUT2D eigenvalue weighted by atomic mass is 32.2. The lowest BCUT2D eigenvalue weighted by atomic mass is 10.2. The van der Waals surface area contributed by atoms with Gasteiger partial charge >= 0.3 is 0 Å². The number of pyridine rings is 1. The number of benzene rings is 1. The predicted molar refractivity (Wildman–Crippen MR) is 74.4 cm³/mol. The summed E-state index contributed by atoms with van der Waals surface area (Å²) >= 11 is 1.14. The van der Waals surface area contributed by atoms with Crippen LogP contribution in [-0.2, 0) is 11.3 Å². The van der Waals surface area contributed by atoms with Crippen LogP contribution in [0, 0.1) is 11.0 Å². The Labute approximate surface area is 120 Å². The normalized spacial score (nSPS) is 10.2. The average molecular weight is 292 g/mol. The van der Waals surface area contributed by atoms with Gasteiger partial charge in [-0.1, -0.05) is 18.2 Å². The van der Waals surface area contributed by atoms with Gasteiger partial charge in [-0.05, 0) is 23.9 Å². The Morgan fingerprint density at radius 2 is 2.00 bits per heavy atom. The van der Waals surface area contributed by atoms with Gasteiger partial charge in [0.05, 0.1) is 5.75 Å². The highest BCUT2D eigenvalue weighted by Gasteiger charge is 2.09. The maximum absolute atomic E-state index is 13.3. The fraction of sp³-hybridized carbons (Fsp3) is 0.143. The monoisotopic (exact) mass is 292 g/mol. The van der Waals surface area contributed by atoms with E-state index >= 15 is 0 Å². The highest BCUT2D eigenvalue weighted by Crippen LogP contribution is 2.12. The molecule has 2 rings (SSSR count). The highest BCUT2D eigenvalue weighted by molar-refractivity contribution is 7.99. The van der Waals surface area contributed by atoms with Gasteiger partial charge in [0.1, 0.15) is 5.82 Å². The van der Waals surface area contributed by atoms with Crippen LogP contribution in [0.3, 0.4) is 0 Å². The van der Waals surface area contributed by atoms with E-state index in [1.165, 1.54) is 12.3 Å². The molecule has 1 aromatic heterocycles. The summed E-state index contributed by atoms with van der Waals surface area (Å²) in [4.78, 5) is 11.6. The maximum atomic E-state index is 13.3. The van der Waals surface area contributed by atoms with E-state index in [2.05, 4.69) is 5.32 Å². The number of hydrogen-bond acceptors (Lipinski definition) is 3. The minimum Gasteiger partial charge on any atom is -0.618 e. The third kappa shape index (κ3) is 3.96. The molecule has 0 unspecified atom stereocenters. The molecule has 104 valence electrons. The minimum absolute atomic E-state index is 0.112. The molecule has 0 fully saturated rings. The van der Waals surface area contributed by atoms with Crippen molar-refractivity contribution in [2.75, 3.05) is 5.75 Å². The SMILES string of the molecule is O=C(CSc1cccc[n+]1[O-])NCc1ccccc1F. The molecule has 1 aromatic carbocycles. The molecule has 2 aromatic rings. The first-order valence-corrected chi connectivity index (χ1v) is 6.96. The topological polar surface area (TPSA) is 56.0 Å². The third-order valence-corrected chi connectivity index (χ3v) is 3.59. The Morgan fingerprint density at radius 1 is 1.25 bits per heavy atom. The largest absolute Gasteiger partial charge is 0.618 e. The summed E-state index contributed by atoms with van der Waals surface area (Å²) in [5.74, 6) is -0.483. The lowest BCUT2D eigenvalue weighted by molar-refractivity contribution is -0.645. The van der Waals surface area contributed by atoms with Crippen molar-refractivity contribution in [3.05, 3.63) is 65.2 Å². The summed E-state index contributed by atoms with van der Waals surface area (Å²) in [7, 11) is 0. The van der Waals surface area contributed by atoms with Crippen LogP contribution in [0.4, 0.5) is 4.39 Å². The van der Waals surface area contributed by atoms with Gasteiger partial charge in [-0.25, -0.2) is 4.39 Å². The van der Waals surface area contributed by atoms with Gasteiger partial charge in [-0.2, -0.15) is 4.73 Å². The number of halogens is 1. The van der Waals surface area contributed by atoms with Crippen LogP contribution in [0.25, 0.3) is 0 Å². The van der Waals surface area contributed by atoms with Crippen LogP contribution in [0.1, 0.15) is 5.56 Å². The number of nitrogens with one attached hydrogen (secondary N) is 1. The number of carbonyl (C=O) groups is 1. The molecule has 20 heavy (non-hydrogen) atoms. The molecule has 1 N–H and O–H groups in total. The smallest absolute Gasteiger partial charge is 0.251 e. The summed E-state index contributed by atoms with van der Waals surface area (Å²) in [6.45, 7) is 0.137. The molecule has 0 aliphatic carbocycles. The Balaban J connectivity index is 1.82. The van der Waals surface area contributed by atoms with Crippen LogP contribution in [0.15, 0.2) is 53.7 Å². The number of aromatic nitrogens is 1. The van der Waals surface area contributed by atoms with E-state index in [4.69, 9.17) is 0 Å². The molecular formula is C14H13FN2O2S. The Morgan fingerprint density at radius 3 is 2.75 bits per heavy atom. The number of rotatable bonds is 5. The second-order valence-electron chi connectivity index (χ2n) is 4.02. The average Bonchev–Trinajstić information content (AvgIpc) is 2.45. The molecule has 1 heterocycles. The van der Waals surface area contributed by atoms with Crippen molar-refractivity contribution in [3.8, 4) is 0 Å². The Kier molecular flexibility index (Phi) is 4.95. The van der Waals surface area contributed by atoms with Gasteiger partial charge in [0.15, 0.2) is 6.20 Å². The van der Waals surface area contributed by atoms with Crippen molar-refractivity contribution in [1.82, 2.24) is 5.32 Å². The van der Waals surface area contributed by atoms with E-state index in [-0.39, 0.29) is 24.0 Å². The van der Waals surface area contributed by atoms with Crippen LogP contribution >= 0.6 is 11.8 Å².